The molecule has 4 nitrogen and oxygen atoms in total. The van der Waals surface area contributed by atoms with Gasteiger partial charge in [-0.3, -0.25) is 4.79 Å². The van der Waals surface area contributed by atoms with Gasteiger partial charge in [-0.15, -0.1) is 0 Å². The van der Waals surface area contributed by atoms with Gasteiger partial charge in [-0.2, -0.15) is 5.10 Å². The molecule has 1 heterocycles. The predicted octanol–water partition coefficient (Wildman–Crippen LogP) is 1.18. The first-order valence-corrected chi connectivity index (χ1v) is 5.03. The molecule has 0 saturated carbocycles. The van der Waals surface area contributed by atoms with Crippen molar-refractivity contribution in [1.29, 1.82) is 0 Å². The fraction of sp³-hybridized carbons (Fsp3) is 0.167. The number of aromatic nitrogens is 2. The Morgan fingerprint density at radius 3 is 2.88 bits per heavy atom. The van der Waals surface area contributed by atoms with E-state index in [1.165, 1.54) is 22.5 Å². The lowest BCUT2D eigenvalue weighted by Crippen LogP contribution is -2.22. The van der Waals surface area contributed by atoms with Gasteiger partial charge in [0, 0.05) is 6.07 Å². The number of nitrogens with two attached hydrogens (primary N) is 1. The summed E-state index contributed by atoms with van der Waals surface area (Å²) in [6.45, 7) is 2.49. The number of nitrogen functional groups attached to an aromatic ring is 1. The van der Waals surface area contributed by atoms with Gasteiger partial charge in [-0.1, -0.05) is 29.8 Å². The fourth-order valence-electron chi connectivity index (χ4n) is 1.55. The van der Waals surface area contributed by atoms with Gasteiger partial charge >= 0.3 is 0 Å². The third-order valence-electron chi connectivity index (χ3n) is 2.31. The molecule has 0 spiro atoms. The minimum atomic E-state index is -0.179. The fourth-order valence-corrected chi connectivity index (χ4v) is 1.55. The van der Waals surface area contributed by atoms with Gasteiger partial charge in [0.15, 0.2) is 0 Å². The average molecular weight is 215 g/mol. The van der Waals surface area contributed by atoms with Crippen LogP contribution in [0.25, 0.3) is 0 Å². The van der Waals surface area contributed by atoms with Gasteiger partial charge < -0.3 is 5.73 Å². The number of aryl methyl sites for hydroxylation is 1. The van der Waals surface area contributed by atoms with E-state index in [4.69, 9.17) is 5.73 Å². The Bertz CT molecular complexity index is 560. The van der Waals surface area contributed by atoms with E-state index in [0.29, 0.717) is 12.2 Å². The molecule has 82 valence electrons. The molecule has 0 aliphatic rings. The molecular formula is C12H13N3O. The van der Waals surface area contributed by atoms with Gasteiger partial charge in [-0.05, 0) is 12.5 Å². The maximum atomic E-state index is 11.5. The summed E-state index contributed by atoms with van der Waals surface area (Å²) in [5.41, 5.74) is 7.91. The standard InChI is InChI=1S/C12H13N3O/c1-9-3-2-4-10(5-9)8-15-12(16)6-11(13)7-14-15/h2-7H,8,13H2,1H3. The summed E-state index contributed by atoms with van der Waals surface area (Å²) in [7, 11) is 0. The monoisotopic (exact) mass is 215 g/mol. The summed E-state index contributed by atoms with van der Waals surface area (Å²) in [5.74, 6) is 0. The Hall–Kier alpha value is -2.10. The molecule has 1 aromatic carbocycles. The Morgan fingerprint density at radius 2 is 2.19 bits per heavy atom. The minimum absolute atomic E-state index is 0.179. The van der Waals surface area contributed by atoms with Crippen LogP contribution in [0.15, 0.2) is 41.3 Å². The van der Waals surface area contributed by atoms with Crippen molar-refractivity contribution < 1.29 is 0 Å². The molecule has 2 rings (SSSR count). The second kappa shape index (κ2) is 4.18. The number of benzene rings is 1. The van der Waals surface area contributed by atoms with E-state index in [1.807, 2.05) is 31.2 Å². The van der Waals surface area contributed by atoms with Crippen molar-refractivity contribution >= 4 is 5.69 Å². The Balaban J connectivity index is 2.31. The molecule has 2 N–H and O–H groups in total. The first kappa shape index (κ1) is 10.4. The molecule has 0 atom stereocenters. The van der Waals surface area contributed by atoms with Crippen LogP contribution in [-0.2, 0) is 6.54 Å². The molecule has 0 aliphatic heterocycles. The molecule has 0 radical (unpaired) electrons. The highest BCUT2D eigenvalue weighted by Gasteiger charge is 1.99. The number of hydrogen-bond donors (Lipinski definition) is 1. The van der Waals surface area contributed by atoms with E-state index in [9.17, 15) is 4.79 Å². The molecule has 16 heavy (non-hydrogen) atoms. The molecule has 0 aliphatic carbocycles. The van der Waals surface area contributed by atoms with E-state index in [-0.39, 0.29) is 5.56 Å². The Morgan fingerprint density at radius 1 is 1.38 bits per heavy atom. The lowest BCUT2D eigenvalue weighted by atomic mass is 10.1. The lowest BCUT2D eigenvalue weighted by Gasteiger charge is -2.05. The first-order valence-electron chi connectivity index (χ1n) is 5.03. The van der Waals surface area contributed by atoms with Crippen LogP contribution in [-0.4, -0.2) is 9.78 Å². The lowest BCUT2D eigenvalue weighted by molar-refractivity contribution is 0.640. The molecule has 0 amide bonds. The van der Waals surface area contributed by atoms with Crippen LogP contribution in [0.1, 0.15) is 11.1 Å². The van der Waals surface area contributed by atoms with Gasteiger partial charge in [0.2, 0.25) is 0 Å². The quantitative estimate of drug-likeness (QED) is 0.818. The minimum Gasteiger partial charge on any atom is -0.397 e. The van der Waals surface area contributed by atoms with Crippen molar-refractivity contribution in [1.82, 2.24) is 9.78 Å². The van der Waals surface area contributed by atoms with Gasteiger partial charge in [0.1, 0.15) is 0 Å². The summed E-state index contributed by atoms with van der Waals surface area (Å²) in [4.78, 5) is 11.5. The predicted molar refractivity (Wildman–Crippen MR) is 63.2 cm³/mol. The van der Waals surface area contributed by atoms with Crippen LogP contribution in [0.4, 0.5) is 5.69 Å². The second-order valence-electron chi connectivity index (χ2n) is 3.77. The number of rotatable bonds is 2. The summed E-state index contributed by atoms with van der Waals surface area (Å²) >= 11 is 0. The van der Waals surface area contributed by atoms with Crippen LogP contribution in [0, 0.1) is 6.92 Å². The van der Waals surface area contributed by atoms with E-state index >= 15 is 0 Å². The van der Waals surface area contributed by atoms with E-state index in [1.54, 1.807) is 0 Å². The van der Waals surface area contributed by atoms with Crippen molar-refractivity contribution in [2.24, 2.45) is 0 Å². The largest absolute Gasteiger partial charge is 0.397 e. The Kier molecular flexibility index (Phi) is 2.72. The third kappa shape index (κ3) is 2.28. The number of hydrogen-bond acceptors (Lipinski definition) is 3. The summed E-state index contributed by atoms with van der Waals surface area (Å²) in [6, 6.07) is 9.36. The highest BCUT2D eigenvalue weighted by molar-refractivity contribution is 5.31. The molecule has 4 heteroatoms. The van der Waals surface area contributed by atoms with Gasteiger partial charge in [0.05, 0.1) is 18.4 Å². The molecule has 0 fully saturated rings. The van der Waals surface area contributed by atoms with Gasteiger partial charge in [0.25, 0.3) is 5.56 Å². The zero-order valence-corrected chi connectivity index (χ0v) is 9.05. The van der Waals surface area contributed by atoms with Gasteiger partial charge in [-0.25, -0.2) is 4.68 Å². The van der Waals surface area contributed by atoms with E-state index in [0.717, 1.165) is 5.56 Å². The second-order valence-corrected chi connectivity index (χ2v) is 3.77. The average Bonchev–Trinajstić information content (AvgIpc) is 2.22. The molecule has 1 aromatic heterocycles. The van der Waals surface area contributed by atoms with Crippen molar-refractivity contribution in [3.8, 4) is 0 Å². The maximum Gasteiger partial charge on any atom is 0.269 e. The number of nitrogens with zero attached hydrogens (tertiary/aromatic N) is 2. The smallest absolute Gasteiger partial charge is 0.269 e. The van der Waals surface area contributed by atoms with Crippen molar-refractivity contribution in [3.05, 3.63) is 58.0 Å². The van der Waals surface area contributed by atoms with Crippen molar-refractivity contribution in [2.45, 2.75) is 13.5 Å². The third-order valence-corrected chi connectivity index (χ3v) is 2.31. The normalized spacial score (nSPS) is 10.3. The van der Waals surface area contributed by atoms with Crippen LogP contribution >= 0.6 is 0 Å². The highest BCUT2D eigenvalue weighted by Crippen LogP contribution is 2.04. The summed E-state index contributed by atoms with van der Waals surface area (Å²) < 4.78 is 1.39. The molecule has 2 aromatic rings. The zero-order valence-electron chi connectivity index (χ0n) is 9.05. The Labute approximate surface area is 93.3 Å². The summed E-state index contributed by atoms with van der Waals surface area (Å²) in [6.07, 6.45) is 1.48. The maximum absolute atomic E-state index is 11.5. The SMILES string of the molecule is Cc1cccc(Cn2ncc(N)cc2=O)c1. The number of anilines is 1. The van der Waals surface area contributed by atoms with Crippen molar-refractivity contribution in [2.75, 3.05) is 5.73 Å². The molecular weight excluding hydrogens is 202 g/mol. The van der Waals surface area contributed by atoms with Crippen LogP contribution < -0.4 is 11.3 Å². The highest BCUT2D eigenvalue weighted by atomic mass is 16.1. The van der Waals surface area contributed by atoms with Crippen LogP contribution in [0.3, 0.4) is 0 Å². The zero-order chi connectivity index (χ0) is 11.5. The molecule has 0 saturated heterocycles. The molecule has 0 unspecified atom stereocenters. The van der Waals surface area contributed by atoms with Crippen LogP contribution in [0.5, 0.6) is 0 Å². The van der Waals surface area contributed by atoms with E-state index in [2.05, 4.69) is 5.10 Å². The van der Waals surface area contributed by atoms with Crippen LogP contribution in [0.2, 0.25) is 0 Å². The topological polar surface area (TPSA) is 60.9 Å². The first-order chi connectivity index (χ1) is 7.65. The van der Waals surface area contributed by atoms with Crippen molar-refractivity contribution in [3.63, 3.8) is 0 Å². The molecule has 0 bridgehead atoms. The van der Waals surface area contributed by atoms with E-state index < -0.39 is 0 Å². The summed E-state index contributed by atoms with van der Waals surface area (Å²) in [5, 5.41) is 3.98.